The van der Waals surface area contributed by atoms with Crippen LogP contribution in [0.1, 0.15) is 48.9 Å². The molecular formula is C16H21FN2O. The van der Waals surface area contributed by atoms with Crippen molar-refractivity contribution in [2.45, 2.75) is 44.6 Å². The summed E-state index contributed by atoms with van der Waals surface area (Å²) in [5.74, 6) is -0.0564. The molecule has 2 N–H and O–H groups in total. The van der Waals surface area contributed by atoms with Crippen molar-refractivity contribution in [2.75, 3.05) is 12.3 Å². The molecule has 1 saturated carbocycles. The lowest BCUT2D eigenvalue weighted by molar-refractivity contribution is 0.0386. The van der Waals surface area contributed by atoms with Crippen LogP contribution in [0, 0.1) is 11.7 Å². The average molecular weight is 276 g/mol. The van der Waals surface area contributed by atoms with E-state index in [1.165, 1.54) is 43.9 Å². The Morgan fingerprint density at radius 2 is 1.95 bits per heavy atom. The second-order valence-electron chi connectivity index (χ2n) is 5.99. The largest absolute Gasteiger partial charge is 0.399 e. The second-order valence-corrected chi connectivity index (χ2v) is 5.99. The number of likely N-dealkylation sites (tertiary alicyclic amines) is 1. The molecule has 3 rings (SSSR count). The first-order valence-electron chi connectivity index (χ1n) is 7.53. The fraction of sp³-hybridized carbons (Fsp3) is 0.562. The number of nitrogen functional groups attached to an aromatic ring is 1. The summed E-state index contributed by atoms with van der Waals surface area (Å²) < 4.78 is 13.9. The lowest BCUT2D eigenvalue weighted by Crippen LogP contribution is -2.49. The first-order valence-corrected chi connectivity index (χ1v) is 7.53. The number of carbonyl (C=O) groups is 1. The van der Waals surface area contributed by atoms with E-state index in [1.807, 2.05) is 4.90 Å². The molecule has 0 bridgehead atoms. The third-order valence-corrected chi connectivity index (χ3v) is 4.72. The zero-order valence-electron chi connectivity index (χ0n) is 11.6. The number of anilines is 1. The van der Waals surface area contributed by atoms with Crippen LogP contribution >= 0.6 is 0 Å². The molecule has 1 amide bonds. The van der Waals surface area contributed by atoms with Crippen molar-refractivity contribution >= 4 is 11.6 Å². The molecule has 0 aromatic heterocycles. The average Bonchev–Trinajstić information content (AvgIpc) is 2.48. The van der Waals surface area contributed by atoms with Gasteiger partial charge in [0, 0.05) is 18.3 Å². The zero-order chi connectivity index (χ0) is 14.1. The van der Waals surface area contributed by atoms with Gasteiger partial charge in [0.2, 0.25) is 0 Å². The number of carbonyl (C=O) groups excluding carboxylic acids is 1. The highest BCUT2D eigenvalue weighted by Crippen LogP contribution is 2.36. The van der Waals surface area contributed by atoms with Crippen LogP contribution in [-0.4, -0.2) is 23.4 Å². The standard InChI is InChI=1S/C16H21FN2O/c17-14-8-7-12(18)10-13(14)16(20)19-9-3-5-11-4-1-2-6-15(11)19/h7-8,10-11,15H,1-6,9,18H2/t11-,15-/m1/s1. The van der Waals surface area contributed by atoms with E-state index in [0.717, 1.165) is 19.4 Å². The van der Waals surface area contributed by atoms with Crippen LogP contribution in [0.4, 0.5) is 10.1 Å². The Morgan fingerprint density at radius 3 is 2.80 bits per heavy atom. The van der Waals surface area contributed by atoms with Gasteiger partial charge in [-0.3, -0.25) is 4.79 Å². The number of rotatable bonds is 1. The Hall–Kier alpha value is -1.58. The number of hydrogen-bond acceptors (Lipinski definition) is 2. The summed E-state index contributed by atoms with van der Waals surface area (Å²) in [6.45, 7) is 0.744. The molecular weight excluding hydrogens is 255 g/mol. The summed E-state index contributed by atoms with van der Waals surface area (Å²) in [6, 6.07) is 4.53. The molecule has 2 aliphatic rings. The van der Waals surface area contributed by atoms with Gasteiger partial charge >= 0.3 is 0 Å². The van der Waals surface area contributed by atoms with Gasteiger partial charge in [-0.05, 0) is 49.8 Å². The molecule has 4 heteroatoms. The van der Waals surface area contributed by atoms with Crippen molar-refractivity contribution in [3.8, 4) is 0 Å². The summed E-state index contributed by atoms with van der Waals surface area (Å²) in [5.41, 5.74) is 6.25. The van der Waals surface area contributed by atoms with Crippen LogP contribution in [0.15, 0.2) is 18.2 Å². The van der Waals surface area contributed by atoms with E-state index in [1.54, 1.807) is 0 Å². The van der Waals surface area contributed by atoms with Gasteiger partial charge in [0.05, 0.1) is 5.56 Å². The molecule has 0 spiro atoms. The number of hydrogen-bond donors (Lipinski definition) is 1. The van der Waals surface area contributed by atoms with Crippen molar-refractivity contribution in [3.63, 3.8) is 0 Å². The van der Waals surface area contributed by atoms with Gasteiger partial charge in [-0.15, -0.1) is 0 Å². The molecule has 2 fully saturated rings. The first kappa shape index (κ1) is 13.4. The van der Waals surface area contributed by atoms with Crippen LogP contribution in [0.2, 0.25) is 0 Å². The third-order valence-electron chi connectivity index (χ3n) is 4.72. The number of nitrogens with two attached hydrogens (primary N) is 1. The fourth-order valence-corrected chi connectivity index (χ4v) is 3.74. The SMILES string of the molecule is Nc1ccc(F)c(C(=O)N2CCC[C@H]3CCCC[C@H]32)c1. The predicted molar refractivity (Wildman–Crippen MR) is 76.8 cm³/mol. The van der Waals surface area contributed by atoms with Crippen molar-refractivity contribution in [1.82, 2.24) is 4.90 Å². The molecule has 1 heterocycles. The first-order chi connectivity index (χ1) is 9.66. The van der Waals surface area contributed by atoms with E-state index in [4.69, 9.17) is 5.73 Å². The van der Waals surface area contributed by atoms with Gasteiger partial charge in [-0.25, -0.2) is 4.39 Å². The number of fused-ring (bicyclic) bond motifs is 1. The maximum Gasteiger partial charge on any atom is 0.257 e. The fourth-order valence-electron chi connectivity index (χ4n) is 3.74. The van der Waals surface area contributed by atoms with Gasteiger partial charge in [0.15, 0.2) is 0 Å². The van der Waals surface area contributed by atoms with Gasteiger partial charge in [-0.1, -0.05) is 12.8 Å². The van der Waals surface area contributed by atoms with E-state index < -0.39 is 5.82 Å². The third kappa shape index (κ3) is 2.39. The van der Waals surface area contributed by atoms with Crippen molar-refractivity contribution < 1.29 is 9.18 Å². The summed E-state index contributed by atoms with van der Waals surface area (Å²) >= 11 is 0. The lowest BCUT2D eigenvalue weighted by atomic mass is 9.78. The van der Waals surface area contributed by atoms with Crippen molar-refractivity contribution in [2.24, 2.45) is 5.92 Å². The Bertz CT molecular complexity index is 515. The van der Waals surface area contributed by atoms with Crippen LogP contribution in [0.5, 0.6) is 0 Å². The Kier molecular flexibility index (Phi) is 3.64. The second kappa shape index (κ2) is 5.43. The zero-order valence-corrected chi connectivity index (χ0v) is 11.6. The molecule has 2 atom stereocenters. The van der Waals surface area contributed by atoms with E-state index in [2.05, 4.69) is 0 Å². The summed E-state index contributed by atoms with van der Waals surface area (Å²) in [6.07, 6.45) is 6.92. The van der Waals surface area contributed by atoms with E-state index in [9.17, 15) is 9.18 Å². The molecule has 1 saturated heterocycles. The van der Waals surface area contributed by atoms with Gasteiger partial charge in [0.1, 0.15) is 5.82 Å². The molecule has 108 valence electrons. The number of benzene rings is 1. The van der Waals surface area contributed by atoms with Gasteiger partial charge < -0.3 is 10.6 Å². The smallest absolute Gasteiger partial charge is 0.257 e. The van der Waals surface area contributed by atoms with Gasteiger partial charge in [0.25, 0.3) is 5.91 Å². The predicted octanol–water partition coefficient (Wildman–Crippen LogP) is 3.20. The van der Waals surface area contributed by atoms with Crippen LogP contribution in [0.3, 0.4) is 0 Å². The van der Waals surface area contributed by atoms with Crippen LogP contribution < -0.4 is 5.73 Å². The van der Waals surface area contributed by atoms with Crippen molar-refractivity contribution in [3.05, 3.63) is 29.6 Å². The molecule has 3 nitrogen and oxygen atoms in total. The summed E-state index contributed by atoms with van der Waals surface area (Å²) in [4.78, 5) is 14.6. The number of amides is 1. The molecule has 1 aliphatic heterocycles. The highest BCUT2D eigenvalue weighted by atomic mass is 19.1. The number of piperidine rings is 1. The van der Waals surface area contributed by atoms with Crippen LogP contribution in [0.25, 0.3) is 0 Å². The Balaban J connectivity index is 1.87. The lowest BCUT2D eigenvalue weighted by Gasteiger charge is -2.44. The molecule has 1 aliphatic carbocycles. The minimum Gasteiger partial charge on any atom is -0.399 e. The van der Waals surface area contributed by atoms with Crippen molar-refractivity contribution in [1.29, 1.82) is 0 Å². The number of nitrogens with zero attached hydrogens (tertiary/aromatic N) is 1. The monoisotopic (exact) mass is 276 g/mol. The highest BCUT2D eigenvalue weighted by Gasteiger charge is 2.36. The van der Waals surface area contributed by atoms with E-state index in [-0.39, 0.29) is 11.5 Å². The van der Waals surface area contributed by atoms with Crippen LogP contribution in [-0.2, 0) is 0 Å². The summed E-state index contributed by atoms with van der Waals surface area (Å²) in [7, 11) is 0. The highest BCUT2D eigenvalue weighted by molar-refractivity contribution is 5.95. The normalized spacial score (nSPS) is 26.1. The molecule has 1 aromatic carbocycles. The van der Waals surface area contributed by atoms with E-state index in [0.29, 0.717) is 17.6 Å². The summed E-state index contributed by atoms with van der Waals surface area (Å²) in [5, 5.41) is 0. The maximum absolute atomic E-state index is 13.9. The number of halogens is 1. The Labute approximate surface area is 118 Å². The minimum atomic E-state index is -0.470. The molecule has 0 radical (unpaired) electrons. The topological polar surface area (TPSA) is 46.3 Å². The Morgan fingerprint density at radius 1 is 1.20 bits per heavy atom. The molecule has 20 heavy (non-hydrogen) atoms. The maximum atomic E-state index is 13.9. The quantitative estimate of drug-likeness (QED) is 0.801. The van der Waals surface area contributed by atoms with E-state index >= 15 is 0 Å². The van der Waals surface area contributed by atoms with Gasteiger partial charge in [-0.2, -0.15) is 0 Å². The minimum absolute atomic E-state index is 0.122. The molecule has 0 unspecified atom stereocenters. The molecule has 1 aromatic rings.